The number of halogens is 2. The molecule has 32 heavy (non-hydrogen) atoms. The predicted octanol–water partition coefficient (Wildman–Crippen LogP) is 5.02. The normalized spacial score (nSPS) is 11.7. The summed E-state index contributed by atoms with van der Waals surface area (Å²) in [5.74, 6) is -1.38. The summed E-state index contributed by atoms with van der Waals surface area (Å²) in [5.41, 5.74) is 1.60. The van der Waals surface area contributed by atoms with Gasteiger partial charge in [-0.3, -0.25) is 9.59 Å². The molecule has 0 aliphatic rings. The fraction of sp³-hybridized carbons (Fsp3) is 0.0800. The molecule has 1 unspecified atom stereocenters. The van der Waals surface area contributed by atoms with Crippen molar-refractivity contribution >= 4 is 23.3 Å². The Bertz CT molecular complexity index is 1240. The van der Waals surface area contributed by atoms with E-state index in [-0.39, 0.29) is 17.9 Å². The van der Waals surface area contributed by atoms with Gasteiger partial charge in [0, 0.05) is 34.1 Å². The molecule has 1 N–H and O–H groups in total. The van der Waals surface area contributed by atoms with Crippen LogP contribution < -0.4 is 5.32 Å². The maximum atomic E-state index is 14.7. The Morgan fingerprint density at radius 1 is 1.00 bits per heavy atom. The van der Waals surface area contributed by atoms with E-state index in [4.69, 9.17) is 11.6 Å². The summed E-state index contributed by atoms with van der Waals surface area (Å²) in [6.45, 7) is 0.168. The molecule has 0 aliphatic heterocycles. The quantitative estimate of drug-likeness (QED) is 0.404. The van der Waals surface area contributed by atoms with E-state index in [1.165, 1.54) is 6.07 Å². The molecular weight excluding hydrogens is 429 g/mol. The highest BCUT2D eigenvalue weighted by Gasteiger charge is 2.24. The second kappa shape index (κ2) is 9.58. The molecule has 0 saturated carbocycles. The van der Waals surface area contributed by atoms with Crippen LogP contribution in [0.5, 0.6) is 0 Å². The largest absolute Gasteiger partial charge is 0.340 e. The van der Waals surface area contributed by atoms with E-state index in [1.807, 2.05) is 18.2 Å². The fourth-order valence-electron chi connectivity index (χ4n) is 3.39. The minimum Gasteiger partial charge on any atom is -0.340 e. The van der Waals surface area contributed by atoms with Gasteiger partial charge in [-0.1, -0.05) is 60.1 Å². The van der Waals surface area contributed by atoms with Crippen molar-refractivity contribution < 1.29 is 14.0 Å². The van der Waals surface area contributed by atoms with Crippen molar-refractivity contribution in [2.45, 2.75) is 12.6 Å². The summed E-state index contributed by atoms with van der Waals surface area (Å²) < 4.78 is 16.4. The molecule has 1 atom stereocenters. The number of benzene rings is 3. The lowest BCUT2D eigenvalue weighted by molar-refractivity contribution is 0.0847. The number of amides is 1. The first kappa shape index (κ1) is 21.5. The molecule has 0 spiro atoms. The lowest BCUT2D eigenvalue weighted by atomic mass is 10.0. The van der Waals surface area contributed by atoms with Gasteiger partial charge in [0.05, 0.1) is 12.9 Å². The third kappa shape index (κ3) is 4.92. The van der Waals surface area contributed by atoms with Crippen LogP contribution in [0.3, 0.4) is 0 Å². The number of ketones is 1. The van der Waals surface area contributed by atoms with E-state index >= 15 is 0 Å². The van der Waals surface area contributed by atoms with Gasteiger partial charge in [0.25, 0.3) is 5.91 Å². The number of rotatable bonds is 7. The molecule has 4 rings (SSSR count). The molecule has 1 amide bonds. The molecule has 160 valence electrons. The van der Waals surface area contributed by atoms with Gasteiger partial charge in [-0.2, -0.15) is 0 Å². The Kier molecular flexibility index (Phi) is 6.42. The third-order valence-corrected chi connectivity index (χ3v) is 5.23. The van der Waals surface area contributed by atoms with Gasteiger partial charge >= 0.3 is 0 Å². The van der Waals surface area contributed by atoms with Crippen LogP contribution in [0.25, 0.3) is 11.1 Å². The van der Waals surface area contributed by atoms with Gasteiger partial charge in [-0.05, 0) is 29.8 Å². The Hall–Kier alpha value is -3.77. The van der Waals surface area contributed by atoms with Crippen molar-refractivity contribution in [2.75, 3.05) is 0 Å². The molecule has 0 saturated heterocycles. The van der Waals surface area contributed by atoms with Gasteiger partial charge in [0.2, 0.25) is 0 Å². The van der Waals surface area contributed by atoms with Crippen LogP contribution in [0.15, 0.2) is 91.5 Å². The first-order valence-corrected chi connectivity index (χ1v) is 10.3. The van der Waals surface area contributed by atoms with Gasteiger partial charge in [0.15, 0.2) is 5.78 Å². The average molecular weight is 448 g/mol. The van der Waals surface area contributed by atoms with Crippen molar-refractivity contribution in [2.24, 2.45) is 0 Å². The highest BCUT2D eigenvalue weighted by Crippen LogP contribution is 2.23. The monoisotopic (exact) mass is 447 g/mol. The molecule has 5 nitrogen and oxygen atoms in total. The van der Waals surface area contributed by atoms with Crippen molar-refractivity contribution in [3.63, 3.8) is 0 Å². The zero-order valence-electron chi connectivity index (χ0n) is 16.9. The van der Waals surface area contributed by atoms with Crippen molar-refractivity contribution in [3.05, 3.63) is 113 Å². The Morgan fingerprint density at radius 2 is 1.81 bits per heavy atom. The van der Waals surface area contributed by atoms with E-state index in [2.05, 4.69) is 10.3 Å². The van der Waals surface area contributed by atoms with Crippen LogP contribution in [0.1, 0.15) is 20.7 Å². The highest BCUT2D eigenvalue weighted by molar-refractivity contribution is 6.31. The summed E-state index contributed by atoms with van der Waals surface area (Å²) in [6.07, 6.45) is 4.83. The van der Waals surface area contributed by atoms with Gasteiger partial charge in [-0.25, -0.2) is 9.37 Å². The standard InChI is InChI=1S/C25H19ClFN3O2/c26-20-8-4-7-18(13-20)24(31)23(15-30-12-11-28-16-30)29-25(32)19-9-10-21(22(27)14-19)17-5-2-1-3-6-17/h1-14,16,23H,15H2,(H,29,32). The van der Waals surface area contributed by atoms with E-state index in [9.17, 15) is 14.0 Å². The van der Waals surface area contributed by atoms with Crippen LogP contribution in [-0.2, 0) is 6.54 Å². The second-order valence-electron chi connectivity index (χ2n) is 7.22. The van der Waals surface area contributed by atoms with E-state index in [0.717, 1.165) is 0 Å². The number of carbonyl (C=O) groups is 2. The lowest BCUT2D eigenvalue weighted by Crippen LogP contribution is -2.43. The van der Waals surface area contributed by atoms with Gasteiger partial charge < -0.3 is 9.88 Å². The molecule has 3 aromatic carbocycles. The van der Waals surface area contributed by atoms with Gasteiger partial charge in [0.1, 0.15) is 11.9 Å². The van der Waals surface area contributed by atoms with Crippen LogP contribution in [0.4, 0.5) is 4.39 Å². The summed E-state index contributed by atoms with van der Waals surface area (Å²) in [4.78, 5) is 30.0. The van der Waals surface area contributed by atoms with Crippen LogP contribution in [0.2, 0.25) is 5.02 Å². The SMILES string of the molecule is O=C(NC(Cn1ccnc1)C(=O)c1cccc(Cl)c1)c1ccc(-c2ccccc2)c(F)c1. The van der Waals surface area contributed by atoms with Crippen molar-refractivity contribution in [3.8, 4) is 11.1 Å². The Balaban J connectivity index is 1.58. The number of Topliss-reactive ketones (excluding diaryl/α,β-unsaturated/α-hetero) is 1. The summed E-state index contributed by atoms with van der Waals surface area (Å²) in [5, 5.41) is 3.15. The van der Waals surface area contributed by atoms with Crippen molar-refractivity contribution in [1.82, 2.24) is 14.9 Å². The molecule has 1 aromatic heterocycles. The van der Waals surface area contributed by atoms with Crippen LogP contribution in [0, 0.1) is 5.82 Å². The summed E-state index contributed by atoms with van der Waals surface area (Å²) >= 11 is 6.02. The van der Waals surface area contributed by atoms with E-state index in [0.29, 0.717) is 21.7 Å². The molecule has 0 bridgehead atoms. The summed E-state index contributed by atoms with van der Waals surface area (Å²) in [6, 6.07) is 19.0. The fourth-order valence-corrected chi connectivity index (χ4v) is 3.58. The number of carbonyl (C=O) groups excluding carboxylic acids is 2. The smallest absolute Gasteiger partial charge is 0.252 e. The highest BCUT2D eigenvalue weighted by atomic mass is 35.5. The Morgan fingerprint density at radius 3 is 2.50 bits per heavy atom. The topological polar surface area (TPSA) is 64.0 Å². The molecule has 0 fully saturated rings. The molecule has 4 aromatic rings. The first-order valence-electron chi connectivity index (χ1n) is 9.92. The molecular formula is C25H19ClFN3O2. The number of nitrogens with zero attached hydrogens (tertiary/aromatic N) is 2. The molecule has 7 heteroatoms. The zero-order chi connectivity index (χ0) is 22.5. The van der Waals surface area contributed by atoms with Crippen LogP contribution in [-0.4, -0.2) is 27.3 Å². The predicted molar refractivity (Wildman–Crippen MR) is 121 cm³/mol. The minimum absolute atomic E-state index is 0.122. The average Bonchev–Trinajstić information content (AvgIpc) is 3.32. The Labute approximate surface area is 189 Å². The number of hydrogen-bond donors (Lipinski definition) is 1. The van der Waals surface area contributed by atoms with E-state index < -0.39 is 17.8 Å². The third-order valence-electron chi connectivity index (χ3n) is 5.00. The number of hydrogen-bond acceptors (Lipinski definition) is 3. The lowest BCUT2D eigenvalue weighted by Gasteiger charge is -2.19. The maximum absolute atomic E-state index is 14.7. The maximum Gasteiger partial charge on any atom is 0.252 e. The zero-order valence-corrected chi connectivity index (χ0v) is 17.7. The second-order valence-corrected chi connectivity index (χ2v) is 7.66. The minimum atomic E-state index is -0.896. The summed E-state index contributed by atoms with van der Waals surface area (Å²) in [7, 11) is 0. The molecule has 1 heterocycles. The molecule has 0 aliphatic carbocycles. The number of aromatic nitrogens is 2. The first-order chi connectivity index (χ1) is 15.5. The van der Waals surface area contributed by atoms with Gasteiger partial charge in [-0.15, -0.1) is 0 Å². The van der Waals surface area contributed by atoms with Crippen molar-refractivity contribution in [1.29, 1.82) is 0 Å². The van der Waals surface area contributed by atoms with E-state index in [1.54, 1.807) is 71.8 Å². The van der Waals surface area contributed by atoms with Crippen LogP contribution >= 0.6 is 11.6 Å². The number of nitrogens with one attached hydrogen (secondary N) is 1. The molecule has 0 radical (unpaired) electrons. The number of imidazole rings is 1.